The van der Waals surface area contributed by atoms with Crippen LogP contribution in [0.5, 0.6) is 0 Å². The van der Waals surface area contributed by atoms with Gasteiger partial charge in [-0.3, -0.25) is 0 Å². The summed E-state index contributed by atoms with van der Waals surface area (Å²) < 4.78 is 15.3. The molecule has 4 heteroatoms. The molecule has 0 spiro atoms. The van der Waals surface area contributed by atoms with Gasteiger partial charge in [-0.2, -0.15) is 0 Å². The van der Waals surface area contributed by atoms with Crippen molar-refractivity contribution in [2.75, 3.05) is 6.61 Å². The molecule has 4 nitrogen and oxygen atoms in total. The van der Waals surface area contributed by atoms with Crippen molar-refractivity contribution in [3.8, 4) is 0 Å². The molecule has 0 N–H and O–H groups in total. The predicted molar refractivity (Wildman–Crippen MR) is 48.2 cm³/mol. The van der Waals surface area contributed by atoms with Gasteiger partial charge >= 0.3 is 5.97 Å². The minimum absolute atomic E-state index is 0.0594. The van der Waals surface area contributed by atoms with Gasteiger partial charge in [0.2, 0.25) is 6.29 Å². The monoisotopic (exact) mass is 198 g/mol. The van der Waals surface area contributed by atoms with Gasteiger partial charge in [0, 0.05) is 0 Å². The van der Waals surface area contributed by atoms with Crippen LogP contribution < -0.4 is 0 Å². The SMILES string of the molecule is CCCCOC(=O)[C@@H]1O[C@H]2OC=C[C@H]21. The Hall–Kier alpha value is -1.03. The summed E-state index contributed by atoms with van der Waals surface area (Å²) in [6, 6.07) is 0. The number of hydrogen-bond donors (Lipinski definition) is 0. The summed E-state index contributed by atoms with van der Waals surface area (Å²) in [5, 5.41) is 0. The number of carbonyl (C=O) groups excluding carboxylic acids is 1. The fourth-order valence-corrected chi connectivity index (χ4v) is 1.52. The van der Waals surface area contributed by atoms with Gasteiger partial charge in [-0.15, -0.1) is 0 Å². The van der Waals surface area contributed by atoms with Gasteiger partial charge in [0.25, 0.3) is 0 Å². The van der Waals surface area contributed by atoms with Crippen LogP contribution in [0.1, 0.15) is 19.8 Å². The number of ether oxygens (including phenoxy) is 3. The molecule has 14 heavy (non-hydrogen) atoms. The zero-order valence-corrected chi connectivity index (χ0v) is 8.14. The van der Waals surface area contributed by atoms with E-state index in [0.717, 1.165) is 12.8 Å². The van der Waals surface area contributed by atoms with Crippen LogP contribution >= 0.6 is 0 Å². The first-order valence-corrected chi connectivity index (χ1v) is 4.97. The van der Waals surface area contributed by atoms with Crippen molar-refractivity contribution in [2.24, 2.45) is 5.92 Å². The molecule has 0 aromatic rings. The van der Waals surface area contributed by atoms with Gasteiger partial charge in [-0.25, -0.2) is 4.79 Å². The highest BCUT2D eigenvalue weighted by atomic mass is 16.7. The lowest BCUT2D eigenvalue weighted by molar-refractivity contribution is -0.257. The molecule has 2 aliphatic heterocycles. The van der Waals surface area contributed by atoms with Crippen LogP contribution in [0.2, 0.25) is 0 Å². The molecule has 0 saturated carbocycles. The Bertz CT molecular complexity index is 249. The summed E-state index contributed by atoms with van der Waals surface area (Å²) >= 11 is 0. The Kier molecular flexibility index (Phi) is 2.72. The third kappa shape index (κ3) is 1.62. The first-order chi connectivity index (χ1) is 6.83. The van der Waals surface area contributed by atoms with Crippen molar-refractivity contribution < 1.29 is 19.0 Å². The van der Waals surface area contributed by atoms with Gasteiger partial charge in [0.05, 0.1) is 18.8 Å². The molecule has 2 aliphatic rings. The van der Waals surface area contributed by atoms with E-state index in [-0.39, 0.29) is 18.2 Å². The molecule has 2 rings (SSSR count). The first-order valence-electron chi connectivity index (χ1n) is 4.97. The predicted octanol–water partition coefficient (Wildman–Crippen LogP) is 1.21. The number of hydrogen-bond acceptors (Lipinski definition) is 4. The fraction of sp³-hybridized carbons (Fsp3) is 0.700. The Morgan fingerprint density at radius 1 is 1.57 bits per heavy atom. The van der Waals surface area contributed by atoms with Crippen molar-refractivity contribution in [2.45, 2.75) is 32.2 Å². The Labute approximate surface area is 82.8 Å². The van der Waals surface area contributed by atoms with E-state index in [0.29, 0.717) is 6.61 Å². The number of fused-ring (bicyclic) bond motifs is 1. The molecule has 0 aliphatic carbocycles. The Morgan fingerprint density at radius 3 is 3.14 bits per heavy atom. The summed E-state index contributed by atoms with van der Waals surface area (Å²) in [6.45, 7) is 2.54. The highest BCUT2D eigenvalue weighted by Crippen LogP contribution is 2.35. The summed E-state index contributed by atoms with van der Waals surface area (Å²) in [6.07, 6.45) is 4.65. The molecule has 3 atom stereocenters. The molecule has 0 amide bonds. The van der Waals surface area contributed by atoms with Gasteiger partial charge in [-0.05, 0) is 12.5 Å². The Balaban J connectivity index is 1.74. The van der Waals surface area contributed by atoms with Crippen LogP contribution in [0.4, 0.5) is 0 Å². The van der Waals surface area contributed by atoms with Crippen LogP contribution in [0.25, 0.3) is 0 Å². The van der Waals surface area contributed by atoms with Crippen molar-refractivity contribution in [1.29, 1.82) is 0 Å². The summed E-state index contributed by atoms with van der Waals surface area (Å²) in [5.41, 5.74) is 0. The highest BCUT2D eigenvalue weighted by molar-refractivity contribution is 5.76. The van der Waals surface area contributed by atoms with Crippen molar-refractivity contribution >= 4 is 5.97 Å². The topological polar surface area (TPSA) is 44.8 Å². The minimum Gasteiger partial charge on any atom is -0.472 e. The van der Waals surface area contributed by atoms with Gasteiger partial charge in [-0.1, -0.05) is 13.3 Å². The lowest BCUT2D eigenvalue weighted by atomic mass is 9.97. The maximum Gasteiger partial charge on any atom is 0.336 e. The van der Waals surface area contributed by atoms with Gasteiger partial charge in [0.15, 0.2) is 6.10 Å². The molecule has 0 aromatic heterocycles. The van der Waals surface area contributed by atoms with Gasteiger partial charge in [0.1, 0.15) is 0 Å². The average Bonchev–Trinajstić information content (AvgIpc) is 2.48. The van der Waals surface area contributed by atoms with E-state index in [9.17, 15) is 4.79 Å². The van der Waals surface area contributed by atoms with E-state index in [2.05, 4.69) is 6.92 Å². The van der Waals surface area contributed by atoms with Crippen LogP contribution in [-0.2, 0) is 19.0 Å². The first kappa shape index (κ1) is 9.52. The normalized spacial score (nSPS) is 33.1. The highest BCUT2D eigenvalue weighted by Gasteiger charge is 2.49. The van der Waals surface area contributed by atoms with E-state index in [1.165, 1.54) is 0 Å². The number of carbonyl (C=O) groups is 1. The third-order valence-electron chi connectivity index (χ3n) is 2.43. The smallest absolute Gasteiger partial charge is 0.336 e. The standard InChI is InChI=1S/C10H14O4/c1-2-3-5-12-9(11)8-7-4-6-13-10(7)14-8/h4,6-8,10H,2-3,5H2,1H3/t7-,8+,10+/m0/s1. The molecule has 0 bridgehead atoms. The second-order valence-corrected chi connectivity index (χ2v) is 3.49. The number of rotatable bonds is 4. The van der Waals surface area contributed by atoms with E-state index >= 15 is 0 Å². The molecule has 1 saturated heterocycles. The van der Waals surface area contributed by atoms with Crippen LogP contribution in [0.15, 0.2) is 12.3 Å². The number of esters is 1. The van der Waals surface area contributed by atoms with Crippen LogP contribution in [0.3, 0.4) is 0 Å². The minimum atomic E-state index is -0.449. The van der Waals surface area contributed by atoms with E-state index in [4.69, 9.17) is 14.2 Å². The zero-order valence-electron chi connectivity index (χ0n) is 8.14. The van der Waals surface area contributed by atoms with E-state index in [1.54, 1.807) is 6.26 Å². The van der Waals surface area contributed by atoms with E-state index < -0.39 is 6.10 Å². The second-order valence-electron chi connectivity index (χ2n) is 3.49. The maximum atomic E-state index is 11.4. The Morgan fingerprint density at radius 2 is 2.43 bits per heavy atom. The third-order valence-corrected chi connectivity index (χ3v) is 2.43. The quantitative estimate of drug-likeness (QED) is 0.503. The number of unbranched alkanes of at least 4 members (excludes halogenated alkanes) is 1. The van der Waals surface area contributed by atoms with Gasteiger partial charge < -0.3 is 14.2 Å². The lowest BCUT2D eigenvalue weighted by Gasteiger charge is -2.36. The molecule has 0 aromatic carbocycles. The lowest BCUT2D eigenvalue weighted by Crippen LogP contribution is -2.51. The molecular formula is C10H14O4. The molecule has 0 radical (unpaired) electrons. The van der Waals surface area contributed by atoms with E-state index in [1.807, 2.05) is 6.08 Å². The summed E-state index contributed by atoms with van der Waals surface area (Å²) in [4.78, 5) is 11.4. The molecule has 78 valence electrons. The van der Waals surface area contributed by atoms with Crippen LogP contribution in [0, 0.1) is 5.92 Å². The fourth-order valence-electron chi connectivity index (χ4n) is 1.52. The molecular weight excluding hydrogens is 184 g/mol. The second kappa shape index (κ2) is 4.00. The molecule has 1 fully saturated rings. The van der Waals surface area contributed by atoms with Crippen molar-refractivity contribution in [3.63, 3.8) is 0 Å². The molecule has 0 unspecified atom stereocenters. The summed E-state index contributed by atoms with van der Waals surface area (Å²) in [7, 11) is 0. The van der Waals surface area contributed by atoms with Crippen molar-refractivity contribution in [3.05, 3.63) is 12.3 Å². The summed E-state index contributed by atoms with van der Waals surface area (Å²) in [5.74, 6) is -0.209. The maximum absolute atomic E-state index is 11.4. The average molecular weight is 198 g/mol. The largest absolute Gasteiger partial charge is 0.472 e. The van der Waals surface area contributed by atoms with Crippen molar-refractivity contribution in [1.82, 2.24) is 0 Å². The molecule has 2 heterocycles. The zero-order chi connectivity index (χ0) is 9.97. The van der Waals surface area contributed by atoms with Crippen LogP contribution in [-0.4, -0.2) is 25.0 Å².